The Labute approximate surface area is 126 Å². The van der Waals surface area contributed by atoms with Crippen LogP contribution in [0.5, 0.6) is 0 Å². The van der Waals surface area contributed by atoms with Crippen molar-refractivity contribution in [3.05, 3.63) is 33.1 Å². The second-order valence-corrected chi connectivity index (χ2v) is 4.84. The molecule has 1 rings (SSSR count). The van der Waals surface area contributed by atoms with Gasteiger partial charge in [0.2, 0.25) is 11.1 Å². The topological polar surface area (TPSA) is 114 Å². The molecule has 0 aliphatic rings. The first kappa shape index (κ1) is 16.8. The maximum absolute atomic E-state index is 11.9. The summed E-state index contributed by atoms with van der Waals surface area (Å²) in [5.41, 5.74) is -0.743. The predicted octanol–water partition coefficient (Wildman–Crippen LogP) is 1.29. The predicted molar refractivity (Wildman–Crippen MR) is 76.1 cm³/mol. The summed E-state index contributed by atoms with van der Waals surface area (Å²) >= 11 is 5.61. The minimum absolute atomic E-state index is 0.00768. The summed E-state index contributed by atoms with van der Waals surface area (Å²) in [6.45, 7) is 3.70. The fourth-order valence-corrected chi connectivity index (χ4v) is 1.79. The molecule has 114 valence electrons. The lowest BCUT2D eigenvalue weighted by Gasteiger charge is -2.09. The van der Waals surface area contributed by atoms with Crippen molar-refractivity contribution >= 4 is 29.1 Å². The normalized spacial score (nSPS) is 10.3. The number of carbonyl (C=O) groups excluding carboxylic acids is 2. The number of aromatic nitrogens is 1. The number of nitro groups is 1. The molecule has 0 unspecified atom stereocenters. The first-order valence-corrected chi connectivity index (χ1v) is 6.57. The van der Waals surface area contributed by atoms with E-state index in [9.17, 15) is 19.7 Å². The molecule has 0 spiro atoms. The standard InChI is InChI=1S/C12H15ClN4O4/c1-7(2)16-9(18)4-6-15-12(19)8-3-5-14-11(13)10(8)17(20)21/h3,5,7H,4,6H2,1-2H3,(H,15,19)(H,16,18). The SMILES string of the molecule is CC(C)NC(=O)CCNC(=O)c1ccnc(Cl)c1[N+](=O)[O-]. The number of amides is 2. The van der Waals surface area contributed by atoms with Crippen molar-refractivity contribution in [1.82, 2.24) is 15.6 Å². The van der Waals surface area contributed by atoms with Crippen LogP contribution in [-0.2, 0) is 4.79 Å². The van der Waals surface area contributed by atoms with Crippen LogP contribution < -0.4 is 10.6 Å². The van der Waals surface area contributed by atoms with Gasteiger partial charge < -0.3 is 10.6 Å². The van der Waals surface area contributed by atoms with Crippen molar-refractivity contribution in [2.24, 2.45) is 0 Å². The molecule has 0 saturated heterocycles. The average Bonchev–Trinajstić information content (AvgIpc) is 2.36. The Balaban J connectivity index is 2.67. The van der Waals surface area contributed by atoms with Crippen LogP contribution in [0, 0.1) is 10.1 Å². The maximum Gasteiger partial charge on any atom is 0.319 e. The van der Waals surface area contributed by atoms with E-state index in [1.807, 2.05) is 13.8 Å². The second-order valence-electron chi connectivity index (χ2n) is 4.48. The van der Waals surface area contributed by atoms with Crippen molar-refractivity contribution in [1.29, 1.82) is 0 Å². The highest BCUT2D eigenvalue weighted by Crippen LogP contribution is 2.25. The van der Waals surface area contributed by atoms with Crippen molar-refractivity contribution in [2.45, 2.75) is 26.3 Å². The van der Waals surface area contributed by atoms with Gasteiger partial charge in [-0.15, -0.1) is 0 Å². The summed E-state index contributed by atoms with van der Waals surface area (Å²) in [4.78, 5) is 37.0. The summed E-state index contributed by atoms with van der Waals surface area (Å²) < 4.78 is 0. The summed E-state index contributed by atoms with van der Waals surface area (Å²) in [6, 6.07) is 1.21. The van der Waals surface area contributed by atoms with E-state index in [1.54, 1.807) is 0 Å². The molecule has 0 bridgehead atoms. The number of nitrogens with one attached hydrogen (secondary N) is 2. The van der Waals surface area contributed by atoms with Gasteiger partial charge in [-0.25, -0.2) is 4.98 Å². The molecule has 2 N–H and O–H groups in total. The van der Waals surface area contributed by atoms with E-state index in [2.05, 4.69) is 15.6 Å². The molecule has 1 aromatic heterocycles. The van der Waals surface area contributed by atoms with Gasteiger partial charge in [0.1, 0.15) is 5.56 Å². The summed E-state index contributed by atoms with van der Waals surface area (Å²) in [7, 11) is 0. The molecule has 0 radical (unpaired) electrons. The number of pyridine rings is 1. The third-order valence-electron chi connectivity index (χ3n) is 2.39. The molecule has 0 saturated carbocycles. The number of rotatable bonds is 6. The van der Waals surface area contributed by atoms with Crippen LogP contribution >= 0.6 is 11.6 Å². The van der Waals surface area contributed by atoms with Gasteiger partial charge in [0.25, 0.3) is 5.91 Å². The number of carbonyl (C=O) groups is 2. The molecule has 2 amide bonds. The summed E-state index contributed by atoms with van der Waals surface area (Å²) in [6.07, 6.45) is 1.28. The molecule has 1 heterocycles. The smallest absolute Gasteiger partial charge is 0.319 e. The highest BCUT2D eigenvalue weighted by atomic mass is 35.5. The first-order valence-electron chi connectivity index (χ1n) is 6.19. The van der Waals surface area contributed by atoms with E-state index in [1.165, 1.54) is 12.3 Å². The minimum atomic E-state index is -0.768. The Morgan fingerprint density at radius 1 is 1.48 bits per heavy atom. The third-order valence-corrected chi connectivity index (χ3v) is 2.67. The number of hydrogen-bond acceptors (Lipinski definition) is 5. The second kappa shape index (κ2) is 7.53. The van der Waals surface area contributed by atoms with Gasteiger partial charge in [-0.2, -0.15) is 0 Å². The largest absolute Gasteiger partial charge is 0.354 e. The third kappa shape index (κ3) is 4.99. The minimum Gasteiger partial charge on any atom is -0.354 e. The van der Waals surface area contributed by atoms with Gasteiger partial charge in [-0.05, 0) is 19.9 Å². The lowest BCUT2D eigenvalue weighted by atomic mass is 10.2. The maximum atomic E-state index is 11.9. The van der Waals surface area contributed by atoms with Crippen molar-refractivity contribution < 1.29 is 14.5 Å². The summed E-state index contributed by atoms with van der Waals surface area (Å²) in [5.74, 6) is -0.893. The van der Waals surface area contributed by atoms with Crippen LogP contribution in [-0.4, -0.2) is 34.3 Å². The van der Waals surface area contributed by atoms with Crippen LogP contribution in [0.4, 0.5) is 5.69 Å². The molecule has 9 heteroatoms. The highest BCUT2D eigenvalue weighted by Gasteiger charge is 2.24. The molecule has 0 fully saturated rings. The van der Waals surface area contributed by atoms with E-state index in [4.69, 9.17) is 11.6 Å². The number of halogens is 1. The summed E-state index contributed by atoms with van der Waals surface area (Å²) in [5, 5.41) is 15.6. The molecule has 0 aliphatic carbocycles. The Bertz CT molecular complexity index is 562. The first-order chi connectivity index (χ1) is 9.82. The zero-order valence-electron chi connectivity index (χ0n) is 11.6. The highest BCUT2D eigenvalue weighted by molar-refractivity contribution is 6.32. The Morgan fingerprint density at radius 3 is 2.71 bits per heavy atom. The average molecular weight is 315 g/mol. The molecular weight excluding hydrogens is 300 g/mol. The fourth-order valence-electron chi connectivity index (χ4n) is 1.56. The molecule has 0 aromatic carbocycles. The van der Waals surface area contributed by atoms with Gasteiger partial charge in [0.05, 0.1) is 4.92 Å². The lowest BCUT2D eigenvalue weighted by Crippen LogP contribution is -2.34. The molecule has 0 atom stereocenters. The van der Waals surface area contributed by atoms with Crippen molar-refractivity contribution in [2.75, 3.05) is 6.54 Å². The van der Waals surface area contributed by atoms with Gasteiger partial charge in [0, 0.05) is 25.2 Å². The Hall–Kier alpha value is -2.22. The van der Waals surface area contributed by atoms with Gasteiger partial charge in [0.15, 0.2) is 0 Å². The molecule has 21 heavy (non-hydrogen) atoms. The van der Waals surface area contributed by atoms with Crippen molar-refractivity contribution in [3.63, 3.8) is 0 Å². The molecule has 1 aromatic rings. The zero-order chi connectivity index (χ0) is 16.0. The van der Waals surface area contributed by atoms with Gasteiger partial charge in [-0.1, -0.05) is 11.6 Å². The van der Waals surface area contributed by atoms with Gasteiger partial charge >= 0.3 is 5.69 Å². The van der Waals surface area contributed by atoms with E-state index >= 15 is 0 Å². The fraction of sp³-hybridized carbons (Fsp3) is 0.417. The van der Waals surface area contributed by atoms with Crippen LogP contribution in [0.15, 0.2) is 12.3 Å². The van der Waals surface area contributed by atoms with E-state index in [-0.39, 0.29) is 35.6 Å². The van der Waals surface area contributed by atoms with Crippen LogP contribution in [0.3, 0.4) is 0 Å². The van der Waals surface area contributed by atoms with Crippen molar-refractivity contribution in [3.8, 4) is 0 Å². The molecule has 8 nitrogen and oxygen atoms in total. The van der Waals surface area contributed by atoms with Crippen LogP contribution in [0.25, 0.3) is 0 Å². The quantitative estimate of drug-likeness (QED) is 0.466. The molecule has 0 aliphatic heterocycles. The Kier molecular flexibility index (Phi) is 6.04. The van der Waals surface area contributed by atoms with E-state index in [0.29, 0.717) is 0 Å². The Morgan fingerprint density at radius 2 is 2.14 bits per heavy atom. The zero-order valence-corrected chi connectivity index (χ0v) is 12.3. The molecular formula is C12H15ClN4O4. The van der Waals surface area contributed by atoms with E-state index in [0.717, 1.165) is 0 Å². The lowest BCUT2D eigenvalue weighted by molar-refractivity contribution is -0.385. The van der Waals surface area contributed by atoms with E-state index < -0.39 is 16.5 Å². The van der Waals surface area contributed by atoms with Crippen LogP contribution in [0.1, 0.15) is 30.6 Å². The van der Waals surface area contributed by atoms with Gasteiger partial charge in [-0.3, -0.25) is 19.7 Å². The monoisotopic (exact) mass is 314 g/mol. The number of hydrogen-bond donors (Lipinski definition) is 2. The van der Waals surface area contributed by atoms with Crippen LogP contribution in [0.2, 0.25) is 5.15 Å². The number of nitrogens with zero attached hydrogens (tertiary/aromatic N) is 2.